The first kappa shape index (κ1) is 25.7. The zero-order valence-electron chi connectivity index (χ0n) is 20.8. The number of sulfone groups is 1. The summed E-state index contributed by atoms with van der Waals surface area (Å²) in [5.41, 5.74) is 2.55. The number of aromatic nitrogens is 6. The summed E-state index contributed by atoms with van der Waals surface area (Å²) in [6.45, 7) is 1.78. The maximum atomic E-state index is 12.7. The quantitative estimate of drug-likeness (QED) is 0.295. The number of hydrogen-bond donors (Lipinski definition) is 2. The Morgan fingerprint density at radius 3 is 2.43 bits per heavy atom. The molecule has 4 aromatic rings. The van der Waals surface area contributed by atoms with Crippen molar-refractivity contribution in [2.24, 2.45) is 7.05 Å². The van der Waals surface area contributed by atoms with E-state index in [0.717, 1.165) is 6.26 Å². The number of nitrogens with one attached hydrogen (secondary N) is 2. The zero-order chi connectivity index (χ0) is 26.6. The fourth-order valence-corrected chi connectivity index (χ4v) is 4.26. The molecule has 0 saturated carbocycles. The lowest BCUT2D eigenvalue weighted by molar-refractivity contribution is 0.0988. The summed E-state index contributed by atoms with van der Waals surface area (Å²) in [7, 11) is 0.113. The van der Waals surface area contributed by atoms with Crippen molar-refractivity contribution in [1.82, 2.24) is 29.7 Å². The van der Waals surface area contributed by atoms with Gasteiger partial charge >= 0.3 is 0 Å². The van der Waals surface area contributed by atoms with Crippen molar-refractivity contribution in [1.29, 1.82) is 0 Å². The van der Waals surface area contributed by atoms with Crippen molar-refractivity contribution >= 4 is 38.6 Å². The summed E-state index contributed by atoms with van der Waals surface area (Å²) in [5.74, 6) is 1.50. The Morgan fingerprint density at radius 1 is 1.03 bits per heavy atom. The fraction of sp³-hybridized carbons (Fsp3) is 0.250. The summed E-state index contributed by atoms with van der Waals surface area (Å²) in [6, 6.07) is 7.19. The molecule has 0 aliphatic carbocycles. The average Bonchev–Trinajstić information content (AvgIpc) is 3.30. The Hall–Kier alpha value is -4.39. The average molecular weight is 523 g/mol. The lowest BCUT2D eigenvalue weighted by Gasteiger charge is -2.17. The van der Waals surface area contributed by atoms with Crippen LogP contribution in [0.2, 0.25) is 0 Å². The van der Waals surface area contributed by atoms with E-state index < -0.39 is 9.84 Å². The van der Waals surface area contributed by atoms with Crippen molar-refractivity contribution in [2.75, 3.05) is 24.0 Å². The summed E-state index contributed by atoms with van der Waals surface area (Å²) in [5, 5.41) is 10.7. The molecule has 1 aromatic carbocycles. The monoisotopic (exact) mass is 522 g/mol. The molecule has 12 nitrogen and oxygen atoms in total. The Labute approximate surface area is 214 Å². The number of pyridine rings is 1. The number of nitrogens with zero attached hydrogens (tertiary/aromatic N) is 6. The van der Waals surface area contributed by atoms with Crippen LogP contribution in [0.4, 0.5) is 23.0 Å². The fourth-order valence-electron chi connectivity index (χ4n) is 3.57. The molecule has 13 heteroatoms. The van der Waals surface area contributed by atoms with Gasteiger partial charge in [0.1, 0.15) is 18.0 Å². The van der Waals surface area contributed by atoms with Gasteiger partial charge in [0.05, 0.1) is 53.5 Å². The number of anilines is 4. The van der Waals surface area contributed by atoms with Crippen LogP contribution in [0.1, 0.15) is 29.4 Å². The van der Waals surface area contributed by atoms with Crippen LogP contribution in [0.3, 0.4) is 0 Å². The minimum absolute atomic E-state index is 0.0898. The van der Waals surface area contributed by atoms with Gasteiger partial charge in [0.25, 0.3) is 0 Å². The highest BCUT2D eigenvalue weighted by atomic mass is 32.2. The lowest BCUT2D eigenvalue weighted by atomic mass is 10.1. The number of ketones is 1. The molecule has 4 rings (SSSR count). The van der Waals surface area contributed by atoms with Crippen LogP contribution in [0.25, 0.3) is 11.4 Å². The van der Waals surface area contributed by atoms with Crippen LogP contribution in [-0.2, 0) is 22.6 Å². The van der Waals surface area contributed by atoms with Gasteiger partial charge in [-0.2, -0.15) is 5.10 Å². The molecule has 0 atom stereocenters. The molecular weight excluding hydrogens is 496 g/mol. The Morgan fingerprint density at radius 2 is 1.81 bits per heavy atom. The van der Waals surface area contributed by atoms with Gasteiger partial charge in [-0.1, -0.05) is 13.0 Å². The Kier molecular flexibility index (Phi) is 7.43. The van der Waals surface area contributed by atoms with Gasteiger partial charge in [-0.25, -0.2) is 23.4 Å². The van der Waals surface area contributed by atoms with Crippen LogP contribution < -0.4 is 15.4 Å². The normalized spacial score (nSPS) is 11.2. The van der Waals surface area contributed by atoms with Crippen molar-refractivity contribution in [2.45, 2.75) is 19.1 Å². The first-order valence-corrected chi connectivity index (χ1v) is 13.3. The van der Waals surface area contributed by atoms with Crippen molar-refractivity contribution in [3.63, 3.8) is 0 Å². The molecule has 0 aliphatic heterocycles. The highest BCUT2D eigenvalue weighted by Crippen LogP contribution is 2.37. The van der Waals surface area contributed by atoms with Crippen LogP contribution in [0.5, 0.6) is 5.75 Å². The molecule has 0 bridgehead atoms. The van der Waals surface area contributed by atoms with E-state index in [9.17, 15) is 13.2 Å². The maximum absolute atomic E-state index is 12.7. The molecular formula is C24H26N8O4S. The van der Waals surface area contributed by atoms with Gasteiger partial charge in [-0.3, -0.25) is 14.5 Å². The van der Waals surface area contributed by atoms with Crippen LogP contribution in [0.15, 0.2) is 49.2 Å². The number of aryl methyl sites for hydroxylation is 1. The second-order valence-corrected chi connectivity index (χ2v) is 10.4. The molecule has 192 valence electrons. The van der Waals surface area contributed by atoms with Gasteiger partial charge in [0, 0.05) is 32.0 Å². The highest BCUT2D eigenvalue weighted by molar-refractivity contribution is 7.89. The largest absolute Gasteiger partial charge is 0.494 e. The van der Waals surface area contributed by atoms with E-state index in [1.54, 1.807) is 38.2 Å². The third kappa shape index (κ3) is 6.25. The molecule has 3 aromatic heterocycles. The van der Waals surface area contributed by atoms with Gasteiger partial charge in [-0.15, -0.1) is 0 Å². The van der Waals surface area contributed by atoms with E-state index in [1.165, 1.54) is 18.6 Å². The van der Waals surface area contributed by atoms with Gasteiger partial charge in [-0.05, 0) is 12.1 Å². The van der Waals surface area contributed by atoms with Crippen molar-refractivity contribution in [3.05, 3.63) is 60.4 Å². The molecule has 0 aliphatic rings. The topological polar surface area (TPSA) is 154 Å². The van der Waals surface area contributed by atoms with Gasteiger partial charge in [0.15, 0.2) is 27.2 Å². The molecule has 0 unspecified atom stereocenters. The van der Waals surface area contributed by atoms with Crippen LogP contribution >= 0.6 is 0 Å². The minimum atomic E-state index is -3.22. The molecule has 37 heavy (non-hydrogen) atoms. The Balaban J connectivity index is 1.66. The molecule has 3 heterocycles. The number of rotatable bonds is 10. The first-order valence-electron chi connectivity index (χ1n) is 11.3. The number of benzene rings is 1. The SMILES string of the molecule is CCC(=O)c1cnc(Nc2cnc(CS(C)(=O)=O)cn2)cc1Nc1cccc(-c2ncn(C)n2)c1OC. The predicted molar refractivity (Wildman–Crippen MR) is 139 cm³/mol. The third-order valence-electron chi connectivity index (χ3n) is 5.23. The second kappa shape index (κ2) is 10.7. The van der Waals surface area contributed by atoms with Crippen molar-refractivity contribution in [3.8, 4) is 17.1 Å². The summed E-state index contributed by atoms with van der Waals surface area (Å²) < 4.78 is 30.2. The Bertz CT molecular complexity index is 1530. The number of methoxy groups -OCH3 is 1. The van der Waals surface area contributed by atoms with Gasteiger partial charge in [0.2, 0.25) is 0 Å². The molecule has 0 radical (unpaired) electrons. The minimum Gasteiger partial charge on any atom is -0.494 e. The first-order chi connectivity index (χ1) is 17.7. The molecule has 0 amide bonds. The zero-order valence-corrected chi connectivity index (χ0v) is 21.6. The van der Waals surface area contributed by atoms with Crippen LogP contribution in [0, 0.1) is 0 Å². The van der Waals surface area contributed by atoms with E-state index >= 15 is 0 Å². The standard InChI is InChI=1S/C24H26N8O4S/c1-5-20(33)17-11-27-21(30-22-12-25-15(10-26-22)13-37(4,34)35)9-19(17)29-18-8-6-7-16(23(18)36-3)24-28-14-32(2)31-24/h6-12,14H,5,13H2,1-4H3,(H2,26,27,29,30). The number of para-hydroxylation sites is 1. The third-order valence-corrected chi connectivity index (χ3v) is 6.05. The predicted octanol–water partition coefficient (Wildman–Crippen LogP) is 3.30. The number of hydrogen-bond acceptors (Lipinski definition) is 11. The number of carbonyl (C=O) groups is 1. The van der Waals surface area contributed by atoms with Crippen LogP contribution in [-0.4, -0.2) is 57.3 Å². The molecule has 0 saturated heterocycles. The maximum Gasteiger partial charge on any atom is 0.184 e. The smallest absolute Gasteiger partial charge is 0.184 e. The second-order valence-electron chi connectivity index (χ2n) is 8.23. The van der Waals surface area contributed by atoms with E-state index in [4.69, 9.17) is 4.74 Å². The van der Waals surface area contributed by atoms with E-state index in [-0.39, 0.29) is 11.5 Å². The number of carbonyl (C=O) groups excluding carboxylic acids is 1. The highest BCUT2D eigenvalue weighted by Gasteiger charge is 2.18. The summed E-state index contributed by atoms with van der Waals surface area (Å²) in [4.78, 5) is 29.7. The van der Waals surface area contributed by atoms with E-state index in [1.807, 2.05) is 18.2 Å². The summed E-state index contributed by atoms with van der Waals surface area (Å²) >= 11 is 0. The lowest BCUT2D eigenvalue weighted by Crippen LogP contribution is -2.07. The number of Topliss-reactive ketones (excluding diaryl/α,β-unsaturated/α-hetero) is 1. The van der Waals surface area contributed by atoms with Crippen molar-refractivity contribution < 1.29 is 17.9 Å². The molecule has 0 fully saturated rings. The van der Waals surface area contributed by atoms with E-state index in [2.05, 4.69) is 35.7 Å². The van der Waals surface area contributed by atoms with Gasteiger partial charge < -0.3 is 15.4 Å². The molecule has 0 spiro atoms. The van der Waals surface area contributed by atoms with E-state index in [0.29, 0.717) is 57.8 Å². The molecule has 2 N–H and O–H groups in total. The number of ether oxygens (including phenoxy) is 1. The summed E-state index contributed by atoms with van der Waals surface area (Å²) in [6.07, 6.45) is 7.33.